The van der Waals surface area contributed by atoms with Gasteiger partial charge in [-0.05, 0) is 44.7 Å². The van der Waals surface area contributed by atoms with E-state index in [1.807, 2.05) is 0 Å². The minimum atomic E-state index is 1.02. The molecule has 0 spiro atoms. The van der Waals surface area contributed by atoms with Crippen molar-refractivity contribution in [2.45, 2.75) is 129 Å². The smallest absolute Gasteiger partial charge is 0.000965 e. The largest absolute Gasteiger partial charge is 0.303 e. The third-order valence-corrected chi connectivity index (χ3v) is 6.15. The van der Waals surface area contributed by atoms with Crippen molar-refractivity contribution in [3.63, 3.8) is 0 Å². The molecule has 25 heavy (non-hydrogen) atoms. The highest BCUT2D eigenvalue weighted by Crippen LogP contribution is 2.26. The normalized spacial score (nSPS) is 15.5. The summed E-state index contributed by atoms with van der Waals surface area (Å²) in [7, 11) is 0. The Morgan fingerprint density at radius 3 is 1.40 bits per heavy atom. The molecule has 0 heterocycles. The molecule has 0 saturated heterocycles. The van der Waals surface area contributed by atoms with Gasteiger partial charge in [0.05, 0.1) is 0 Å². The predicted molar refractivity (Wildman–Crippen MR) is 114 cm³/mol. The lowest BCUT2D eigenvalue weighted by atomic mass is 10.1. The summed E-state index contributed by atoms with van der Waals surface area (Å²) in [6.45, 7) is 8.78. The second kappa shape index (κ2) is 17.4. The molecule has 0 aliphatic heterocycles. The molecule has 1 heteroatoms. The molecular weight excluding hydrogens is 302 g/mol. The summed E-state index contributed by atoms with van der Waals surface area (Å²) < 4.78 is 0. The Hall–Kier alpha value is -0.0400. The molecule has 1 nitrogen and oxygen atoms in total. The predicted octanol–water partition coefficient (Wildman–Crippen LogP) is 7.98. The summed E-state index contributed by atoms with van der Waals surface area (Å²) in [5, 5.41) is 0. The Labute approximate surface area is 160 Å². The molecule has 1 rings (SSSR count). The van der Waals surface area contributed by atoms with Crippen molar-refractivity contribution in [1.82, 2.24) is 4.90 Å². The maximum Gasteiger partial charge on any atom is 0.000965 e. The highest BCUT2D eigenvalue weighted by Gasteiger charge is 2.18. The summed E-state index contributed by atoms with van der Waals surface area (Å²) in [5.74, 6) is 1.02. The summed E-state index contributed by atoms with van der Waals surface area (Å²) in [5.41, 5.74) is 0. The van der Waals surface area contributed by atoms with Gasteiger partial charge in [-0.25, -0.2) is 0 Å². The molecule has 0 radical (unpaired) electrons. The van der Waals surface area contributed by atoms with Crippen LogP contribution in [0, 0.1) is 5.92 Å². The van der Waals surface area contributed by atoms with Crippen molar-refractivity contribution >= 4 is 0 Å². The summed E-state index contributed by atoms with van der Waals surface area (Å²) in [6, 6.07) is 0. The molecule has 1 fully saturated rings. The van der Waals surface area contributed by atoms with Gasteiger partial charge in [-0.2, -0.15) is 0 Å². The zero-order valence-corrected chi connectivity index (χ0v) is 17.9. The lowest BCUT2D eigenvalue weighted by Gasteiger charge is -2.25. The molecule has 0 aromatic rings. The Balaban J connectivity index is 2.09. The van der Waals surface area contributed by atoms with E-state index in [-0.39, 0.29) is 0 Å². The summed E-state index contributed by atoms with van der Waals surface area (Å²) in [6.07, 6.45) is 26.2. The minimum absolute atomic E-state index is 1.02. The SMILES string of the molecule is CCCCCCCCCN(CCCCCCCCC)CC1CCCC1. The quantitative estimate of drug-likeness (QED) is 0.226. The van der Waals surface area contributed by atoms with Crippen LogP contribution in [-0.4, -0.2) is 24.5 Å². The first-order valence-electron chi connectivity index (χ1n) is 12.1. The van der Waals surface area contributed by atoms with E-state index in [0.717, 1.165) is 5.92 Å². The fraction of sp³-hybridized carbons (Fsp3) is 1.00. The van der Waals surface area contributed by atoms with Gasteiger partial charge in [0.2, 0.25) is 0 Å². The van der Waals surface area contributed by atoms with Gasteiger partial charge in [0, 0.05) is 6.54 Å². The van der Waals surface area contributed by atoms with E-state index >= 15 is 0 Å². The highest BCUT2D eigenvalue weighted by atomic mass is 15.1. The van der Waals surface area contributed by atoms with Gasteiger partial charge in [0.25, 0.3) is 0 Å². The maximum atomic E-state index is 2.84. The average molecular weight is 352 g/mol. The molecule has 1 aliphatic carbocycles. The second-order valence-corrected chi connectivity index (χ2v) is 8.69. The molecule has 1 saturated carbocycles. The number of nitrogens with zero attached hydrogens (tertiary/aromatic N) is 1. The first kappa shape index (κ1) is 23.0. The number of unbranched alkanes of at least 4 members (excludes halogenated alkanes) is 12. The minimum Gasteiger partial charge on any atom is -0.303 e. The number of rotatable bonds is 18. The van der Waals surface area contributed by atoms with Gasteiger partial charge in [-0.15, -0.1) is 0 Å². The van der Waals surface area contributed by atoms with E-state index in [1.54, 1.807) is 0 Å². The third kappa shape index (κ3) is 13.8. The molecule has 0 unspecified atom stereocenters. The van der Waals surface area contributed by atoms with Crippen LogP contribution >= 0.6 is 0 Å². The van der Waals surface area contributed by atoms with Crippen LogP contribution in [0.25, 0.3) is 0 Å². The van der Waals surface area contributed by atoms with Crippen LogP contribution in [0.2, 0.25) is 0 Å². The number of hydrogen-bond donors (Lipinski definition) is 0. The Morgan fingerprint density at radius 2 is 0.960 bits per heavy atom. The zero-order valence-electron chi connectivity index (χ0n) is 17.9. The first-order valence-corrected chi connectivity index (χ1v) is 12.1. The van der Waals surface area contributed by atoms with E-state index < -0.39 is 0 Å². The fourth-order valence-electron chi connectivity index (χ4n) is 4.44. The van der Waals surface area contributed by atoms with Gasteiger partial charge in [0.1, 0.15) is 0 Å². The molecule has 150 valence electrons. The molecular formula is C24H49N. The van der Waals surface area contributed by atoms with Crippen LogP contribution in [0.3, 0.4) is 0 Å². The van der Waals surface area contributed by atoms with Crippen molar-refractivity contribution in [3.05, 3.63) is 0 Å². The summed E-state index contributed by atoms with van der Waals surface area (Å²) in [4.78, 5) is 2.84. The Kier molecular flexibility index (Phi) is 16.0. The molecule has 0 amide bonds. The third-order valence-electron chi connectivity index (χ3n) is 6.15. The number of hydrogen-bond acceptors (Lipinski definition) is 1. The fourth-order valence-corrected chi connectivity index (χ4v) is 4.44. The molecule has 1 aliphatic rings. The van der Waals surface area contributed by atoms with Gasteiger partial charge < -0.3 is 4.90 Å². The monoisotopic (exact) mass is 351 g/mol. The lowest BCUT2D eigenvalue weighted by Crippen LogP contribution is -2.30. The van der Waals surface area contributed by atoms with Gasteiger partial charge in [-0.1, -0.05) is 104 Å². The van der Waals surface area contributed by atoms with Gasteiger partial charge >= 0.3 is 0 Å². The van der Waals surface area contributed by atoms with E-state index in [0.29, 0.717) is 0 Å². The zero-order chi connectivity index (χ0) is 18.0. The molecule has 0 bridgehead atoms. The Bertz CT molecular complexity index is 239. The van der Waals surface area contributed by atoms with E-state index in [4.69, 9.17) is 0 Å². The van der Waals surface area contributed by atoms with Crippen molar-refractivity contribution in [3.8, 4) is 0 Å². The van der Waals surface area contributed by atoms with Crippen LogP contribution in [0.4, 0.5) is 0 Å². The average Bonchev–Trinajstić information content (AvgIpc) is 3.13. The molecule has 0 N–H and O–H groups in total. The van der Waals surface area contributed by atoms with E-state index in [2.05, 4.69) is 18.7 Å². The van der Waals surface area contributed by atoms with Crippen molar-refractivity contribution in [2.24, 2.45) is 5.92 Å². The second-order valence-electron chi connectivity index (χ2n) is 8.69. The van der Waals surface area contributed by atoms with E-state index in [1.165, 1.54) is 135 Å². The van der Waals surface area contributed by atoms with Crippen molar-refractivity contribution in [2.75, 3.05) is 19.6 Å². The van der Waals surface area contributed by atoms with Crippen molar-refractivity contribution < 1.29 is 0 Å². The van der Waals surface area contributed by atoms with Crippen LogP contribution in [-0.2, 0) is 0 Å². The summed E-state index contributed by atoms with van der Waals surface area (Å²) >= 11 is 0. The molecule has 0 atom stereocenters. The van der Waals surface area contributed by atoms with Crippen molar-refractivity contribution in [1.29, 1.82) is 0 Å². The molecule has 0 aromatic heterocycles. The van der Waals surface area contributed by atoms with Gasteiger partial charge in [-0.3, -0.25) is 0 Å². The molecule has 0 aromatic carbocycles. The standard InChI is InChI=1S/C24H49N/c1-3-5-7-9-11-13-17-21-25(23-24-19-15-16-20-24)22-18-14-12-10-8-6-4-2/h24H,3-23H2,1-2H3. The Morgan fingerprint density at radius 1 is 0.560 bits per heavy atom. The highest BCUT2D eigenvalue weighted by molar-refractivity contribution is 4.72. The topological polar surface area (TPSA) is 3.24 Å². The van der Waals surface area contributed by atoms with Crippen LogP contribution in [0.15, 0.2) is 0 Å². The van der Waals surface area contributed by atoms with Crippen LogP contribution in [0.5, 0.6) is 0 Å². The maximum absolute atomic E-state index is 2.84. The lowest BCUT2D eigenvalue weighted by molar-refractivity contribution is 0.222. The first-order chi connectivity index (χ1) is 12.4. The van der Waals surface area contributed by atoms with E-state index in [9.17, 15) is 0 Å². The van der Waals surface area contributed by atoms with Gasteiger partial charge in [0.15, 0.2) is 0 Å². The van der Waals surface area contributed by atoms with Crippen LogP contribution in [0.1, 0.15) is 129 Å². The van der Waals surface area contributed by atoms with Crippen LogP contribution < -0.4 is 0 Å².